The molecule has 2 aromatic rings. The minimum absolute atomic E-state index is 0.181. The minimum Gasteiger partial charge on any atom is -0.478 e. The van der Waals surface area contributed by atoms with Crippen molar-refractivity contribution in [2.24, 2.45) is 0 Å². The van der Waals surface area contributed by atoms with Gasteiger partial charge in [0.25, 0.3) is 0 Å². The number of pyridine rings is 1. The van der Waals surface area contributed by atoms with Crippen molar-refractivity contribution in [3.63, 3.8) is 0 Å². The number of nitrogens with one attached hydrogen (secondary N) is 1. The first kappa shape index (κ1) is 11.5. The number of carboxylic acid groups (broad SMARTS) is 1. The average molecular weight is 249 g/mol. The summed E-state index contributed by atoms with van der Waals surface area (Å²) in [6.07, 6.45) is 3.15. The van der Waals surface area contributed by atoms with Crippen molar-refractivity contribution < 1.29 is 9.90 Å². The zero-order valence-corrected chi connectivity index (χ0v) is 9.99. The van der Waals surface area contributed by atoms with E-state index in [1.807, 2.05) is 13.1 Å². The Balaban J connectivity index is 1.97. The topological polar surface area (TPSA) is 75.1 Å². The lowest BCUT2D eigenvalue weighted by Gasteiger charge is -2.02. The van der Waals surface area contributed by atoms with Crippen LogP contribution >= 0.6 is 11.3 Å². The number of rotatable bonds is 4. The van der Waals surface area contributed by atoms with Crippen LogP contribution in [0.2, 0.25) is 0 Å². The molecule has 0 saturated heterocycles. The molecule has 0 aromatic carbocycles. The van der Waals surface area contributed by atoms with Gasteiger partial charge in [-0.3, -0.25) is 0 Å². The molecule has 0 aliphatic rings. The van der Waals surface area contributed by atoms with Crippen LogP contribution in [0.4, 0.5) is 5.82 Å². The molecule has 2 rings (SSSR count). The molecule has 2 heterocycles. The van der Waals surface area contributed by atoms with Crippen LogP contribution < -0.4 is 5.32 Å². The number of aromatic nitrogens is 2. The van der Waals surface area contributed by atoms with Crippen LogP contribution in [0.3, 0.4) is 0 Å². The predicted molar refractivity (Wildman–Crippen MR) is 65.4 cm³/mol. The maximum atomic E-state index is 10.6. The molecule has 6 heteroatoms. The number of carboxylic acids is 1. The summed E-state index contributed by atoms with van der Waals surface area (Å²) in [5, 5.41) is 12.8. The molecular formula is C11H11N3O2S. The lowest BCUT2D eigenvalue weighted by Crippen LogP contribution is -2.02. The second-order valence-electron chi connectivity index (χ2n) is 3.46. The number of anilines is 1. The molecular weight excluding hydrogens is 238 g/mol. The second kappa shape index (κ2) is 4.92. The molecule has 0 unspecified atom stereocenters. The Kier molecular flexibility index (Phi) is 3.34. The fraction of sp³-hybridized carbons (Fsp3) is 0.182. The molecule has 2 N–H and O–H groups in total. The van der Waals surface area contributed by atoms with E-state index in [4.69, 9.17) is 5.11 Å². The third-order valence-electron chi connectivity index (χ3n) is 2.10. The maximum absolute atomic E-state index is 10.6. The summed E-state index contributed by atoms with van der Waals surface area (Å²) < 4.78 is 0. The highest BCUT2D eigenvalue weighted by molar-refractivity contribution is 7.11. The largest absolute Gasteiger partial charge is 0.478 e. The van der Waals surface area contributed by atoms with Gasteiger partial charge in [-0.05, 0) is 19.1 Å². The van der Waals surface area contributed by atoms with Gasteiger partial charge < -0.3 is 10.4 Å². The van der Waals surface area contributed by atoms with Crippen molar-refractivity contribution >= 4 is 23.1 Å². The van der Waals surface area contributed by atoms with Crippen LogP contribution in [0.25, 0.3) is 0 Å². The molecule has 17 heavy (non-hydrogen) atoms. The van der Waals surface area contributed by atoms with E-state index in [-0.39, 0.29) is 5.56 Å². The van der Waals surface area contributed by atoms with Gasteiger partial charge in [0.05, 0.1) is 12.1 Å². The molecule has 5 nitrogen and oxygen atoms in total. The summed E-state index contributed by atoms with van der Waals surface area (Å²) in [7, 11) is 0. The lowest BCUT2D eigenvalue weighted by molar-refractivity contribution is 0.0696. The Morgan fingerprint density at radius 1 is 1.41 bits per heavy atom. The second-order valence-corrected chi connectivity index (χ2v) is 4.77. The minimum atomic E-state index is -0.973. The number of aryl methyl sites for hydroxylation is 1. The Hall–Kier alpha value is -1.95. The number of hydrogen-bond donors (Lipinski definition) is 2. The van der Waals surface area contributed by atoms with Gasteiger partial charge in [0.2, 0.25) is 0 Å². The molecule has 0 fully saturated rings. The molecule has 88 valence electrons. The smallest absolute Gasteiger partial charge is 0.337 e. The molecule has 0 radical (unpaired) electrons. The van der Waals surface area contributed by atoms with E-state index in [2.05, 4.69) is 15.3 Å². The highest BCUT2D eigenvalue weighted by Crippen LogP contribution is 2.13. The summed E-state index contributed by atoms with van der Waals surface area (Å²) in [6, 6.07) is 3.16. The average Bonchev–Trinajstić information content (AvgIpc) is 2.73. The van der Waals surface area contributed by atoms with Gasteiger partial charge in [-0.1, -0.05) is 0 Å². The van der Waals surface area contributed by atoms with Crippen molar-refractivity contribution in [2.45, 2.75) is 13.5 Å². The molecule has 0 amide bonds. The van der Waals surface area contributed by atoms with Gasteiger partial charge in [0, 0.05) is 17.3 Å². The molecule has 0 spiro atoms. The van der Waals surface area contributed by atoms with E-state index in [0.29, 0.717) is 12.4 Å². The third kappa shape index (κ3) is 3.01. The first-order valence-electron chi connectivity index (χ1n) is 4.99. The highest BCUT2D eigenvalue weighted by atomic mass is 32.1. The van der Waals surface area contributed by atoms with E-state index in [0.717, 1.165) is 9.88 Å². The van der Waals surface area contributed by atoms with Gasteiger partial charge in [-0.2, -0.15) is 0 Å². The summed E-state index contributed by atoms with van der Waals surface area (Å²) in [4.78, 5) is 20.0. The lowest BCUT2D eigenvalue weighted by atomic mass is 10.3. The van der Waals surface area contributed by atoms with E-state index in [1.165, 1.54) is 12.3 Å². The Morgan fingerprint density at radius 2 is 2.24 bits per heavy atom. The Morgan fingerprint density at radius 3 is 2.76 bits per heavy atom. The summed E-state index contributed by atoms with van der Waals surface area (Å²) in [5.74, 6) is -0.331. The van der Waals surface area contributed by atoms with Crippen LogP contribution in [0.1, 0.15) is 20.2 Å². The summed E-state index contributed by atoms with van der Waals surface area (Å²) in [5.41, 5.74) is 0.181. The standard InChI is InChI=1S/C11H11N3O2S/c1-7-4-14-10(17-7)6-13-9-3-2-8(5-12-9)11(15)16/h2-5H,6H2,1H3,(H,12,13)(H,15,16). The molecule has 0 atom stereocenters. The Labute approximate surface area is 102 Å². The fourth-order valence-electron chi connectivity index (χ4n) is 1.27. The van der Waals surface area contributed by atoms with E-state index >= 15 is 0 Å². The van der Waals surface area contributed by atoms with Crippen molar-refractivity contribution in [3.8, 4) is 0 Å². The number of carbonyl (C=O) groups is 1. The maximum Gasteiger partial charge on any atom is 0.337 e. The normalized spacial score (nSPS) is 10.2. The molecule has 0 aliphatic heterocycles. The monoisotopic (exact) mass is 249 g/mol. The first-order valence-corrected chi connectivity index (χ1v) is 5.81. The highest BCUT2D eigenvalue weighted by Gasteiger charge is 2.03. The van der Waals surface area contributed by atoms with Crippen molar-refractivity contribution in [2.75, 3.05) is 5.32 Å². The summed E-state index contributed by atoms with van der Waals surface area (Å²) in [6.45, 7) is 2.60. The fourth-order valence-corrected chi connectivity index (χ4v) is 2.00. The zero-order chi connectivity index (χ0) is 12.3. The predicted octanol–water partition coefficient (Wildman–Crippen LogP) is 2.16. The van der Waals surface area contributed by atoms with E-state index in [1.54, 1.807) is 17.4 Å². The first-order chi connectivity index (χ1) is 8.15. The molecule has 0 bridgehead atoms. The SMILES string of the molecule is Cc1cnc(CNc2ccc(C(=O)O)cn2)s1. The van der Waals surface area contributed by atoms with Gasteiger partial charge in [-0.25, -0.2) is 14.8 Å². The van der Waals surface area contributed by atoms with Crippen molar-refractivity contribution in [1.29, 1.82) is 0 Å². The molecule has 2 aromatic heterocycles. The van der Waals surface area contributed by atoms with E-state index in [9.17, 15) is 4.79 Å². The third-order valence-corrected chi connectivity index (χ3v) is 3.01. The van der Waals surface area contributed by atoms with Crippen molar-refractivity contribution in [1.82, 2.24) is 9.97 Å². The van der Waals surface area contributed by atoms with Gasteiger partial charge in [-0.15, -0.1) is 11.3 Å². The Bertz CT molecular complexity index is 522. The molecule has 0 aliphatic carbocycles. The van der Waals surface area contributed by atoms with Crippen LogP contribution in [-0.4, -0.2) is 21.0 Å². The number of nitrogens with zero attached hydrogens (tertiary/aromatic N) is 2. The van der Waals surface area contributed by atoms with Crippen LogP contribution in [0.15, 0.2) is 24.5 Å². The number of aromatic carboxylic acids is 1. The van der Waals surface area contributed by atoms with Crippen LogP contribution in [-0.2, 0) is 6.54 Å². The van der Waals surface area contributed by atoms with Crippen LogP contribution in [0, 0.1) is 6.92 Å². The summed E-state index contributed by atoms with van der Waals surface area (Å²) >= 11 is 1.62. The zero-order valence-electron chi connectivity index (χ0n) is 9.17. The molecule has 0 saturated carbocycles. The number of hydrogen-bond acceptors (Lipinski definition) is 5. The quantitative estimate of drug-likeness (QED) is 0.868. The van der Waals surface area contributed by atoms with E-state index < -0.39 is 5.97 Å². The van der Waals surface area contributed by atoms with Gasteiger partial charge >= 0.3 is 5.97 Å². The van der Waals surface area contributed by atoms with Gasteiger partial charge in [0.15, 0.2) is 0 Å². The number of thiazole rings is 1. The van der Waals surface area contributed by atoms with Crippen LogP contribution in [0.5, 0.6) is 0 Å². The van der Waals surface area contributed by atoms with Gasteiger partial charge in [0.1, 0.15) is 10.8 Å². The van der Waals surface area contributed by atoms with Crippen molar-refractivity contribution in [3.05, 3.63) is 40.0 Å².